The molecule has 10 heteroatoms. The van der Waals surface area contributed by atoms with Gasteiger partial charge < -0.3 is 20.1 Å². The molecule has 3 N–H and O–H groups in total. The maximum absolute atomic E-state index is 12.7. The topological polar surface area (TPSA) is 134 Å². The molecular formula is C69H106NO8P. The Morgan fingerprint density at radius 3 is 0.962 bits per heavy atom. The highest BCUT2D eigenvalue weighted by Gasteiger charge is 2.26. The van der Waals surface area contributed by atoms with E-state index in [2.05, 4.69) is 208 Å². The van der Waals surface area contributed by atoms with Crippen LogP contribution in [0.5, 0.6) is 0 Å². The number of hydrogen-bond acceptors (Lipinski definition) is 8. The molecule has 0 bridgehead atoms. The van der Waals surface area contributed by atoms with Crippen molar-refractivity contribution in [2.75, 3.05) is 26.4 Å². The van der Waals surface area contributed by atoms with E-state index in [9.17, 15) is 19.0 Å². The molecule has 2 unspecified atom stereocenters. The van der Waals surface area contributed by atoms with Crippen LogP contribution in [0.1, 0.15) is 194 Å². The fraction of sp³-hybridized carbons (Fsp3) is 0.507. The van der Waals surface area contributed by atoms with E-state index >= 15 is 0 Å². The third-order valence-electron chi connectivity index (χ3n) is 11.5. The lowest BCUT2D eigenvalue weighted by Gasteiger charge is -2.19. The van der Waals surface area contributed by atoms with Crippen molar-refractivity contribution in [3.63, 3.8) is 0 Å². The second kappa shape index (κ2) is 62.1. The Kier molecular flexibility index (Phi) is 58.0. The van der Waals surface area contributed by atoms with Gasteiger partial charge in [0.05, 0.1) is 13.2 Å². The van der Waals surface area contributed by atoms with Gasteiger partial charge in [0.25, 0.3) is 0 Å². The fourth-order valence-electron chi connectivity index (χ4n) is 7.14. The summed E-state index contributed by atoms with van der Waals surface area (Å²) in [7, 11) is -4.42. The Morgan fingerprint density at radius 2 is 0.658 bits per heavy atom. The number of ether oxygens (including phenoxy) is 2. The highest BCUT2D eigenvalue weighted by atomic mass is 31.2. The minimum Gasteiger partial charge on any atom is -0.462 e. The molecule has 0 rings (SSSR count). The van der Waals surface area contributed by atoms with Crippen LogP contribution in [-0.4, -0.2) is 49.3 Å². The number of unbranched alkanes of at least 4 members (excludes halogenated alkanes) is 8. The molecule has 440 valence electrons. The largest absolute Gasteiger partial charge is 0.472 e. The first kappa shape index (κ1) is 73.8. The Hall–Kier alpha value is -5.15. The predicted molar refractivity (Wildman–Crippen MR) is 338 cm³/mol. The summed E-state index contributed by atoms with van der Waals surface area (Å²) >= 11 is 0. The van der Waals surface area contributed by atoms with Crippen molar-refractivity contribution in [2.24, 2.45) is 5.73 Å². The van der Waals surface area contributed by atoms with Gasteiger partial charge in [-0.05, 0) is 141 Å². The van der Waals surface area contributed by atoms with Crippen molar-refractivity contribution in [3.8, 4) is 0 Å². The molecule has 0 aromatic heterocycles. The minimum absolute atomic E-state index is 0.0331. The van der Waals surface area contributed by atoms with Gasteiger partial charge in [0.15, 0.2) is 6.10 Å². The molecule has 0 aromatic rings. The molecule has 0 aliphatic rings. The molecule has 0 amide bonds. The number of hydrogen-bond donors (Lipinski definition) is 2. The number of phosphoric ester groups is 1. The van der Waals surface area contributed by atoms with Gasteiger partial charge in [-0.2, -0.15) is 0 Å². The van der Waals surface area contributed by atoms with Crippen LogP contribution >= 0.6 is 7.82 Å². The second-order valence-corrected chi connectivity index (χ2v) is 20.2. The zero-order chi connectivity index (χ0) is 57.3. The van der Waals surface area contributed by atoms with Crippen molar-refractivity contribution < 1.29 is 37.6 Å². The summed E-state index contributed by atoms with van der Waals surface area (Å²) in [5.41, 5.74) is 5.38. The van der Waals surface area contributed by atoms with Gasteiger partial charge in [-0.3, -0.25) is 18.6 Å². The SMILES string of the molecule is CC/C=C\C/C=C\C/C=C\C/C=C\C/C=C\C/C=C\C/C=C\C/C=C\C/C=C\C/C=C\CCCCCCC(=O)OC(COC(=O)CCCCCC/C=C\C/C=C\C/C=C\C/C=C\C/C=C\C/C=C\CC)COP(=O)(O)OCCN. The van der Waals surface area contributed by atoms with Crippen molar-refractivity contribution in [1.82, 2.24) is 0 Å². The number of esters is 2. The number of carbonyl (C=O) groups excluding carboxylic acids is 2. The summed E-state index contributed by atoms with van der Waals surface area (Å²) in [6, 6.07) is 0. The van der Waals surface area contributed by atoms with Crippen LogP contribution in [0.2, 0.25) is 0 Å². The summed E-state index contributed by atoms with van der Waals surface area (Å²) in [5.74, 6) is -0.906. The molecule has 0 radical (unpaired) electrons. The molecule has 0 fully saturated rings. The summed E-state index contributed by atoms with van der Waals surface area (Å²) in [4.78, 5) is 35.2. The molecule has 9 nitrogen and oxygen atoms in total. The first-order chi connectivity index (χ1) is 38.8. The van der Waals surface area contributed by atoms with Crippen molar-refractivity contribution >= 4 is 19.8 Å². The van der Waals surface area contributed by atoms with Crippen LogP contribution < -0.4 is 5.73 Å². The Labute approximate surface area is 481 Å². The number of carbonyl (C=O) groups is 2. The third kappa shape index (κ3) is 61.9. The lowest BCUT2D eigenvalue weighted by atomic mass is 10.1. The smallest absolute Gasteiger partial charge is 0.462 e. The quantitative estimate of drug-likeness (QED) is 0.0264. The Morgan fingerprint density at radius 1 is 0.380 bits per heavy atom. The molecule has 79 heavy (non-hydrogen) atoms. The maximum atomic E-state index is 12.7. The minimum atomic E-state index is -4.42. The van der Waals surface area contributed by atoms with Gasteiger partial charge >= 0.3 is 19.8 Å². The highest BCUT2D eigenvalue weighted by molar-refractivity contribution is 7.47. The van der Waals surface area contributed by atoms with E-state index in [1.807, 2.05) is 0 Å². The predicted octanol–water partition coefficient (Wildman–Crippen LogP) is 19.4. The molecule has 0 aliphatic heterocycles. The van der Waals surface area contributed by atoms with Crippen molar-refractivity contribution in [3.05, 3.63) is 194 Å². The van der Waals surface area contributed by atoms with Crippen LogP contribution in [0, 0.1) is 0 Å². The van der Waals surface area contributed by atoms with E-state index in [1.54, 1.807) is 0 Å². The average Bonchev–Trinajstić information content (AvgIpc) is 3.44. The Balaban J connectivity index is 4.16. The van der Waals surface area contributed by atoms with Gasteiger partial charge in [-0.15, -0.1) is 0 Å². The normalized spacial score (nSPS) is 14.4. The zero-order valence-electron chi connectivity index (χ0n) is 49.0. The first-order valence-electron chi connectivity index (χ1n) is 29.9. The van der Waals surface area contributed by atoms with E-state index in [0.717, 1.165) is 154 Å². The number of allylic oxidation sites excluding steroid dienone is 32. The second-order valence-electron chi connectivity index (χ2n) is 18.7. The van der Waals surface area contributed by atoms with Gasteiger partial charge in [0, 0.05) is 19.4 Å². The zero-order valence-corrected chi connectivity index (χ0v) is 49.9. The Bertz CT molecular complexity index is 1990. The molecule has 0 aliphatic carbocycles. The number of nitrogens with two attached hydrogens (primary N) is 1. The highest BCUT2D eigenvalue weighted by Crippen LogP contribution is 2.43. The summed E-state index contributed by atoms with van der Waals surface area (Å²) in [5, 5.41) is 0. The fourth-order valence-corrected chi connectivity index (χ4v) is 7.90. The van der Waals surface area contributed by atoms with Gasteiger partial charge in [0.2, 0.25) is 0 Å². The van der Waals surface area contributed by atoms with Crippen LogP contribution in [-0.2, 0) is 32.7 Å². The lowest BCUT2D eigenvalue weighted by molar-refractivity contribution is -0.161. The van der Waals surface area contributed by atoms with E-state index < -0.39 is 32.5 Å². The number of rotatable bonds is 53. The molecule has 0 saturated heterocycles. The van der Waals surface area contributed by atoms with Crippen molar-refractivity contribution in [2.45, 2.75) is 200 Å². The summed E-state index contributed by atoms with van der Waals surface area (Å²) in [6.07, 6.45) is 94.8. The standard InChI is InChI=1S/C69H106NO8P/c1-3-5-7-9-11-13-15-17-19-21-23-25-27-28-29-30-31-32-33-34-35-36-37-38-40-42-44-46-48-50-52-54-56-58-60-62-69(72)78-67(66-77-79(73,74)76-64-63-70)65-75-68(71)61-59-57-55-53-51-49-47-45-43-41-39-26-24-22-20-18-16-14-12-10-8-6-4-2/h5-8,11-14,17-20,23-26,28-29,31-32,34-35,37-38,41-44,47-50,67H,3-4,9-10,15-16,21-22,27,30,33,36,39-40,45-46,51-66,70H2,1-2H3,(H,73,74)/b7-5-,8-6-,13-11-,14-12-,19-17-,20-18-,25-23-,26-24-,29-28-,32-31-,35-34-,38-37-,43-41-,44-42-,49-47-,50-48-. The maximum Gasteiger partial charge on any atom is 0.472 e. The molecule has 0 aromatic carbocycles. The third-order valence-corrected chi connectivity index (χ3v) is 12.5. The number of phosphoric acid groups is 1. The molecular weight excluding hydrogens is 1000 g/mol. The van der Waals surface area contributed by atoms with Gasteiger partial charge in [-0.1, -0.05) is 234 Å². The van der Waals surface area contributed by atoms with E-state index in [4.69, 9.17) is 24.3 Å². The average molecular weight is 1110 g/mol. The monoisotopic (exact) mass is 1110 g/mol. The van der Waals surface area contributed by atoms with E-state index in [0.29, 0.717) is 12.8 Å². The summed E-state index contributed by atoms with van der Waals surface area (Å²) in [6.45, 7) is 3.42. The molecule has 0 heterocycles. The molecule has 0 spiro atoms. The molecule has 2 atom stereocenters. The van der Waals surface area contributed by atoms with Crippen LogP contribution in [0.25, 0.3) is 0 Å². The summed E-state index contributed by atoms with van der Waals surface area (Å²) < 4.78 is 33.0. The molecule has 0 saturated carbocycles. The first-order valence-corrected chi connectivity index (χ1v) is 31.4. The van der Waals surface area contributed by atoms with E-state index in [-0.39, 0.29) is 32.6 Å². The van der Waals surface area contributed by atoms with Gasteiger partial charge in [-0.25, -0.2) is 4.57 Å². The van der Waals surface area contributed by atoms with Crippen LogP contribution in [0.4, 0.5) is 0 Å². The van der Waals surface area contributed by atoms with Crippen LogP contribution in [0.15, 0.2) is 194 Å². The van der Waals surface area contributed by atoms with Gasteiger partial charge in [0.1, 0.15) is 6.61 Å². The lowest BCUT2D eigenvalue weighted by Crippen LogP contribution is -2.29. The van der Waals surface area contributed by atoms with E-state index in [1.165, 1.54) is 0 Å². The van der Waals surface area contributed by atoms with Crippen LogP contribution in [0.3, 0.4) is 0 Å². The van der Waals surface area contributed by atoms with Crippen molar-refractivity contribution in [1.29, 1.82) is 0 Å².